The van der Waals surface area contributed by atoms with Gasteiger partial charge in [0.2, 0.25) is 0 Å². The van der Waals surface area contributed by atoms with Crippen LogP contribution in [0.1, 0.15) is 20.3 Å². The number of ether oxygens (including phenoxy) is 3. The van der Waals surface area contributed by atoms with Crippen molar-refractivity contribution in [1.29, 1.82) is 0 Å². The number of aliphatic hydroxyl groups is 1. The Labute approximate surface area is 105 Å². The second-order valence-corrected chi connectivity index (χ2v) is 4.53. The Hall–Kier alpha value is -1.40. The summed E-state index contributed by atoms with van der Waals surface area (Å²) in [4.78, 5) is 22.5. The van der Waals surface area contributed by atoms with Crippen LogP contribution in [0.5, 0.6) is 0 Å². The van der Waals surface area contributed by atoms with Gasteiger partial charge in [-0.3, -0.25) is 4.79 Å². The predicted octanol–water partition coefficient (Wildman–Crippen LogP) is -0.0620. The van der Waals surface area contributed by atoms with Gasteiger partial charge in [-0.1, -0.05) is 12.2 Å². The van der Waals surface area contributed by atoms with Crippen LogP contribution in [-0.2, 0) is 23.8 Å². The first-order valence-electron chi connectivity index (χ1n) is 5.87. The number of epoxide rings is 1. The van der Waals surface area contributed by atoms with Crippen molar-refractivity contribution < 1.29 is 28.9 Å². The van der Waals surface area contributed by atoms with Crippen LogP contribution >= 0.6 is 0 Å². The second-order valence-electron chi connectivity index (χ2n) is 4.53. The molecule has 2 aliphatic rings. The van der Waals surface area contributed by atoms with Crippen molar-refractivity contribution in [3.8, 4) is 0 Å². The molecule has 0 aromatic rings. The maximum Gasteiger partial charge on any atom is 0.338 e. The second kappa shape index (κ2) is 5.07. The van der Waals surface area contributed by atoms with Gasteiger partial charge >= 0.3 is 11.9 Å². The average Bonchev–Trinajstić information content (AvgIpc) is 3.02. The number of hydrogen-bond acceptors (Lipinski definition) is 6. The van der Waals surface area contributed by atoms with Gasteiger partial charge in [-0.05, 0) is 6.92 Å². The maximum absolute atomic E-state index is 11.5. The van der Waals surface area contributed by atoms with E-state index in [2.05, 4.69) is 0 Å². The molecular formula is C12H16O6. The Morgan fingerprint density at radius 3 is 2.89 bits per heavy atom. The number of aliphatic hydroxyl groups excluding tert-OH is 1. The molecule has 0 unspecified atom stereocenters. The number of carbonyl (C=O) groups excluding carboxylic acids is 2. The van der Waals surface area contributed by atoms with Crippen molar-refractivity contribution in [2.24, 2.45) is 0 Å². The quantitative estimate of drug-likeness (QED) is 0.402. The molecule has 2 heterocycles. The van der Waals surface area contributed by atoms with E-state index < -0.39 is 36.4 Å². The Bertz CT molecular complexity index is 377. The normalized spacial score (nSPS) is 41.3. The van der Waals surface area contributed by atoms with E-state index in [0.29, 0.717) is 0 Å². The highest BCUT2D eigenvalue weighted by Gasteiger charge is 2.46. The third kappa shape index (κ3) is 3.08. The van der Waals surface area contributed by atoms with Crippen LogP contribution in [0, 0.1) is 0 Å². The van der Waals surface area contributed by atoms with Crippen LogP contribution < -0.4 is 0 Å². The lowest BCUT2D eigenvalue weighted by atomic mass is 10.1. The monoisotopic (exact) mass is 256 g/mol. The van der Waals surface area contributed by atoms with Gasteiger partial charge in [0, 0.05) is 13.3 Å². The average molecular weight is 256 g/mol. The van der Waals surface area contributed by atoms with Gasteiger partial charge in [0.25, 0.3) is 0 Å². The van der Waals surface area contributed by atoms with Crippen LogP contribution in [-0.4, -0.2) is 47.6 Å². The summed E-state index contributed by atoms with van der Waals surface area (Å²) in [6, 6.07) is 0. The molecule has 100 valence electrons. The first-order chi connectivity index (χ1) is 8.47. The van der Waals surface area contributed by atoms with Gasteiger partial charge < -0.3 is 19.3 Å². The van der Waals surface area contributed by atoms with E-state index in [1.54, 1.807) is 13.0 Å². The lowest BCUT2D eigenvalue weighted by Crippen LogP contribution is -2.35. The lowest BCUT2D eigenvalue weighted by molar-refractivity contribution is -0.157. The minimum atomic E-state index is -0.932. The summed E-state index contributed by atoms with van der Waals surface area (Å²) in [5.41, 5.74) is 0. The van der Waals surface area contributed by atoms with E-state index in [9.17, 15) is 14.7 Å². The maximum atomic E-state index is 11.5. The zero-order valence-electron chi connectivity index (χ0n) is 10.2. The Kier molecular flexibility index (Phi) is 3.68. The molecule has 0 aromatic carbocycles. The molecule has 6 nitrogen and oxygen atoms in total. The highest BCUT2D eigenvalue weighted by Crippen LogP contribution is 2.27. The lowest BCUT2D eigenvalue weighted by Gasteiger charge is -2.24. The molecule has 1 saturated heterocycles. The summed E-state index contributed by atoms with van der Waals surface area (Å²) in [6.45, 7) is 2.95. The van der Waals surface area contributed by atoms with Crippen molar-refractivity contribution in [3.05, 3.63) is 12.2 Å². The SMILES string of the molecule is CC(=O)O[C@H]1C[C@H](C)OC(=O)[C@H]2O[C@H]2/C=C/[C@@H]1O. The molecule has 0 spiro atoms. The van der Waals surface area contributed by atoms with E-state index in [4.69, 9.17) is 14.2 Å². The van der Waals surface area contributed by atoms with Crippen molar-refractivity contribution in [2.45, 2.75) is 50.8 Å². The molecule has 2 rings (SSSR count). The van der Waals surface area contributed by atoms with Gasteiger partial charge in [0.05, 0.1) is 0 Å². The van der Waals surface area contributed by atoms with Crippen molar-refractivity contribution in [2.75, 3.05) is 0 Å². The number of fused-ring (bicyclic) bond motifs is 1. The molecule has 5 atom stereocenters. The highest BCUT2D eigenvalue weighted by atomic mass is 16.6. The third-order valence-corrected chi connectivity index (χ3v) is 2.84. The molecule has 0 bridgehead atoms. The Morgan fingerprint density at radius 1 is 1.50 bits per heavy atom. The summed E-state index contributed by atoms with van der Waals surface area (Å²) in [5, 5.41) is 9.90. The van der Waals surface area contributed by atoms with Gasteiger partial charge in [-0.2, -0.15) is 0 Å². The molecular weight excluding hydrogens is 240 g/mol. The summed E-state index contributed by atoms with van der Waals surface area (Å²) in [6.07, 6.45) is 0.292. The molecule has 18 heavy (non-hydrogen) atoms. The fourth-order valence-electron chi connectivity index (χ4n) is 1.92. The molecule has 1 fully saturated rings. The molecule has 0 radical (unpaired) electrons. The minimum absolute atomic E-state index is 0.244. The van der Waals surface area contributed by atoms with E-state index in [0.717, 1.165) is 0 Å². The largest absolute Gasteiger partial charge is 0.461 e. The summed E-state index contributed by atoms with van der Waals surface area (Å²) in [5.74, 6) is -0.904. The summed E-state index contributed by atoms with van der Waals surface area (Å²) < 4.78 is 15.3. The molecule has 6 heteroatoms. The zero-order valence-corrected chi connectivity index (χ0v) is 10.2. The van der Waals surface area contributed by atoms with Gasteiger partial charge in [-0.15, -0.1) is 0 Å². The van der Waals surface area contributed by atoms with Gasteiger partial charge in [-0.25, -0.2) is 4.79 Å². The van der Waals surface area contributed by atoms with Crippen LogP contribution in [0.4, 0.5) is 0 Å². The fourth-order valence-corrected chi connectivity index (χ4v) is 1.92. The Morgan fingerprint density at radius 2 is 2.22 bits per heavy atom. The molecule has 0 aromatic heterocycles. The summed E-state index contributed by atoms with van der Waals surface area (Å²) in [7, 11) is 0. The van der Waals surface area contributed by atoms with Crippen molar-refractivity contribution >= 4 is 11.9 Å². The van der Waals surface area contributed by atoms with E-state index >= 15 is 0 Å². The van der Waals surface area contributed by atoms with Crippen LogP contribution in [0.15, 0.2) is 12.2 Å². The molecule has 0 amide bonds. The third-order valence-electron chi connectivity index (χ3n) is 2.84. The first-order valence-corrected chi connectivity index (χ1v) is 5.87. The zero-order chi connectivity index (χ0) is 13.3. The van der Waals surface area contributed by atoms with Crippen LogP contribution in [0.25, 0.3) is 0 Å². The minimum Gasteiger partial charge on any atom is -0.461 e. The fraction of sp³-hybridized carbons (Fsp3) is 0.667. The van der Waals surface area contributed by atoms with Crippen LogP contribution in [0.2, 0.25) is 0 Å². The number of hydrogen-bond donors (Lipinski definition) is 1. The van der Waals surface area contributed by atoms with Gasteiger partial charge in [0.15, 0.2) is 6.10 Å². The number of carbonyl (C=O) groups is 2. The van der Waals surface area contributed by atoms with Crippen molar-refractivity contribution in [1.82, 2.24) is 0 Å². The summed E-state index contributed by atoms with van der Waals surface area (Å²) >= 11 is 0. The van der Waals surface area contributed by atoms with Crippen molar-refractivity contribution in [3.63, 3.8) is 0 Å². The molecule has 0 saturated carbocycles. The molecule has 0 aliphatic carbocycles. The van der Waals surface area contributed by atoms with E-state index in [-0.39, 0.29) is 12.5 Å². The Balaban J connectivity index is 2.10. The number of rotatable bonds is 1. The molecule has 2 aliphatic heterocycles. The topological polar surface area (TPSA) is 85.4 Å². The molecule has 1 N–H and O–H groups in total. The first kappa shape index (κ1) is 13.0. The standard InChI is InChI=1S/C12H16O6/c1-6-5-10(17-7(2)13)8(14)3-4-9-11(18-9)12(15)16-6/h3-4,6,8-11,14H,5H2,1-2H3/b4-3+/t6-,8-,9-,10-,11-/m0/s1. The predicted molar refractivity (Wildman–Crippen MR) is 59.5 cm³/mol. The van der Waals surface area contributed by atoms with E-state index in [1.165, 1.54) is 13.0 Å². The van der Waals surface area contributed by atoms with Crippen LogP contribution in [0.3, 0.4) is 0 Å². The smallest absolute Gasteiger partial charge is 0.338 e. The number of cyclic esters (lactones) is 1. The van der Waals surface area contributed by atoms with Gasteiger partial charge in [0.1, 0.15) is 24.4 Å². The van der Waals surface area contributed by atoms with E-state index in [1.807, 2.05) is 0 Å². The number of esters is 2. The highest BCUT2D eigenvalue weighted by molar-refractivity contribution is 5.78.